The molecule has 0 radical (unpaired) electrons. The highest BCUT2D eigenvalue weighted by atomic mass is 28.3. The highest BCUT2D eigenvalue weighted by Gasteiger charge is 2.18. The van der Waals surface area contributed by atoms with E-state index in [9.17, 15) is 4.79 Å². The van der Waals surface area contributed by atoms with Gasteiger partial charge in [0.25, 0.3) is 0 Å². The molecule has 2 aromatic heterocycles. The quantitative estimate of drug-likeness (QED) is 0.617. The zero-order valence-corrected chi connectivity index (χ0v) is 16.9. The van der Waals surface area contributed by atoms with E-state index in [1.54, 1.807) is 23.3 Å². The number of nitrogens with one attached hydrogen (secondary N) is 1. The summed E-state index contributed by atoms with van der Waals surface area (Å²) in [6, 6.07) is 1.09. The fraction of sp³-hybridized carbons (Fsp3) is 0.588. The Morgan fingerprint density at radius 1 is 1.24 bits per heavy atom. The van der Waals surface area contributed by atoms with Crippen LogP contribution in [0.1, 0.15) is 20.8 Å². The third-order valence-corrected chi connectivity index (χ3v) is 5.09. The lowest BCUT2D eigenvalue weighted by Crippen LogP contribution is -2.27. The summed E-state index contributed by atoms with van der Waals surface area (Å²) in [4.78, 5) is 16.2. The summed E-state index contributed by atoms with van der Waals surface area (Å²) < 4.78 is 12.8. The molecule has 138 valence electrons. The summed E-state index contributed by atoms with van der Waals surface area (Å²) in [6.45, 7) is 13.4. The lowest BCUT2D eigenvalue weighted by molar-refractivity contribution is 0.0635. The molecule has 2 heterocycles. The van der Waals surface area contributed by atoms with Crippen LogP contribution in [0.3, 0.4) is 0 Å². The first-order chi connectivity index (χ1) is 11.6. The lowest BCUT2D eigenvalue weighted by atomic mass is 10.2. The second-order valence-corrected chi connectivity index (χ2v) is 13.9. The summed E-state index contributed by atoms with van der Waals surface area (Å²) in [5.74, 6) is 0. The van der Waals surface area contributed by atoms with Crippen molar-refractivity contribution >= 4 is 30.8 Å². The molecule has 0 saturated heterocycles. The summed E-state index contributed by atoms with van der Waals surface area (Å²) in [5, 5.41) is 7.93. The van der Waals surface area contributed by atoms with Gasteiger partial charge in [-0.1, -0.05) is 19.6 Å². The van der Waals surface area contributed by atoms with E-state index in [0.29, 0.717) is 19.0 Å². The van der Waals surface area contributed by atoms with Crippen molar-refractivity contribution in [3.63, 3.8) is 0 Å². The van der Waals surface area contributed by atoms with Crippen molar-refractivity contribution in [2.45, 2.75) is 58.8 Å². The number of aromatic nitrogens is 3. The fourth-order valence-corrected chi connectivity index (χ4v) is 2.93. The smallest absolute Gasteiger partial charge is 0.412 e. The van der Waals surface area contributed by atoms with Crippen LogP contribution in [0, 0.1) is 0 Å². The number of hydrogen-bond acceptors (Lipinski definition) is 5. The molecule has 0 aliphatic carbocycles. The van der Waals surface area contributed by atoms with Crippen LogP contribution in [0.5, 0.6) is 0 Å². The van der Waals surface area contributed by atoms with E-state index in [4.69, 9.17) is 9.47 Å². The first kappa shape index (κ1) is 19.4. The third-order valence-electron chi connectivity index (χ3n) is 3.39. The molecule has 0 bridgehead atoms. The molecular weight excluding hydrogens is 336 g/mol. The van der Waals surface area contributed by atoms with E-state index >= 15 is 0 Å². The van der Waals surface area contributed by atoms with Crippen molar-refractivity contribution in [2.75, 3.05) is 11.9 Å². The molecule has 2 rings (SSSR count). The van der Waals surface area contributed by atoms with E-state index in [-0.39, 0.29) is 0 Å². The van der Waals surface area contributed by atoms with Crippen molar-refractivity contribution in [1.82, 2.24) is 14.8 Å². The van der Waals surface area contributed by atoms with Gasteiger partial charge in [0, 0.05) is 26.3 Å². The van der Waals surface area contributed by atoms with E-state index in [1.807, 2.05) is 20.8 Å². The lowest BCUT2D eigenvalue weighted by Gasteiger charge is -2.20. The number of pyridine rings is 1. The van der Waals surface area contributed by atoms with Crippen LogP contribution in [0.15, 0.2) is 18.6 Å². The number of hydrogen-bond donors (Lipinski definition) is 1. The van der Waals surface area contributed by atoms with Gasteiger partial charge >= 0.3 is 6.09 Å². The Balaban J connectivity index is 2.11. The van der Waals surface area contributed by atoms with Gasteiger partial charge in [0.05, 0.1) is 23.6 Å². The van der Waals surface area contributed by atoms with Crippen molar-refractivity contribution in [3.05, 3.63) is 18.6 Å². The molecule has 1 amide bonds. The number of carbonyl (C=O) groups excluding carboxylic acids is 1. The minimum atomic E-state index is -1.13. The summed E-state index contributed by atoms with van der Waals surface area (Å²) in [5.41, 5.74) is 0.762. The number of anilines is 1. The van der Waals surface area contributed by atoms with E-state index in [2.05, 4.69) is 35.0 Å². The molecule has 1 N–H and O–H groups in total. The van der Waals surface area contributed by atoms with Crippen LogP contribution in [-0.2, 0) is 16.2 Å². The molecular formula is C17H28N4O3Si. The van der Waals surface area contributed by atoms with Gasteiger partial charge in [0.1, 0.15) is 12.3 Å². The SMILES string of the molecule is CC(C)(C)OC(=O)Nc1cncc2cnn(COCC[Si](C)(C)C)c12. The summed E-state index contributed by atoms with van der Waals surface area (Å²) >= 11 is 0. The van der Waals surface area contributed by atoms with Gasteiger partial charge in [0.15, 0.2) is 0 Å². The monoisotopic (exact) mass is 364 g/mol. The maximum absolute atomic E-state index is 12.1. The van der Waals surface area contributed by atoms with E-state index in [0.717, 1.165) is 16.9 Å². The predicted molar refractivity (Wildman–Crippen MR) is 101 cm³/mol. The molecule has 7 nitrogen and oxygen atoms in total. The molecule has 0 atom stereocenters. The zero-order chi connectivity index (χ0) is 18.7. The molecule has 0 aliphatic rings. The Labute approximate surface area is 149 Å². The molecule has 25 heavy (non-hydrogen) atoms. The topological polar surface area (TPSA) is 78.3 Å². The minimum absolute atomic E-state index is 0.334. The predicted octanol–water partition coefficient (Wildman–Crippen LogP) is 4.09. The van der Waals surface area contributed by atoms with Gasteiger partial charge in [-0.05, 0) is 26.8 Å². The standard InChI is InChI=1S/C17H28N4O3Si/c1-17(2,3)24-16(22)20-14-11-18-9-13-10-19-21(15(13)14)12-23-7-8-25(4,5)6/h9-11H,7-8,12H2,1-6H3,(H,20,22). The Morgan fingerprint density at radius 3 is 2.60 bits per heavy atom. The molecule has 0 fully saturated rings. The van der Waals surface area contributed by atoms with Gasteiger partial charge in [-0.2, -0.15) is 5.10 Å². The zero-order valence-electron chi connectivity index (χ0n) is 15.9. The second kappa shape index (κ2) is 7.53. The van der Waals surface area contributed by atoms with Crippen LogP contribution in [0.4, 0.5) is 10.5 Å². The number of nitrogens with zero attached hydrogens (tertiary/aromatic N) is 3. The van der Waals surface area contributed by atoms with Crippen molar-refractivity contribution in [1.29, 1.82) is 0 Å². The van der Waals surface area contributed by atoms with Gasteiger partial charge in [-0.15, -0.1) is 0 Å². The molecule has 8 heteroatoms. The Morgan fingerprint density at radius 2 is 1.96 bits per heavy atom. The van der Waals surface area contributed by atoms with Gasteiger partial charge in [-0.25, -0.2) is 9.48 Å². The summed E-state index contributed by atoms with van der Waals surface area (Å²) in [6.07, 6.45) is 4.49. The first-order valence-electron chi connectivity index (χ1n) is 8.42. The maximum atomic E-state index is 12.1. The second-order valence-electron chi connectivity index (χ2n) is 8.24. The fourth-order valence-electron chi connectivity index (χ4n) is 2.17. The highest BCUT2D eigenvalue weighted by molar-refractivity contribution is 6.76. The van der Waals surface area contributed by atoms with Crippen LogP contribution in [-0.4, -0.2) is 41.1 Å². The molecule has 0 aliphatic heterocycles. The van der Waals surface area contributed by atoms with Crippen LogP contribution < -0.4 is 5.32 Å². The molecule has 0 saturated carbocycles. The third kappa shape index (κ3) is 6.13. The van der Waals surface area contributed by atoms with Gasteiger partial charge in [-0.3, -0.25) is 10.3 Å². The van der Waals surface area contributed by atoms with Crippen molar-refractivity contribution in [2.24, 2.45) is 0 Å². The average molecular weight is 365 g/mol. The number of ether oxygens (including phenoxy) is 2. The van der Waals surface area contributed by atoms with Crippen LogP contribution >= 0.6 is 0 Å². The van der Waals surface area contributed by atoms with E-state index < -0.39 is 19.8 Å². The first-order valence-corrected chi connectivity index (χ1v) is 12.1. The number of amides is 1. The van der Waals surface area contributed by atoms with Crippen molar-refractivity contribution in [3.8, 4) is 0 Å². The Bertz CT molecular complexity index is 732. The summed E-state index contributed by atoms with van der Waals surface area (Å²) in [7, 11) is -1.13. The van der Waals surface area contributed by atoms with Crippen LogP contribution in [0.25, 0.3) is 10.9 Å². The van der Waals surface area contributed by atoms with Crippen LogP contribution in [0.2, 0.25) is 25.7 Å². The van der Waals surface area contributed by atoms with Gasteiger partial charge < -0.3 is 9.47 Å². The number of fused-ring (bicyclic) bond motifs is 1. The Hall–Kier alpha value is -1.93. The number of carbonyl (C=O) groups is 1. The van der Waals surface area contributed by atoms with Gasteiger partial charge in [0.2, 0.25) is 0 Å². The maximum Gasteiger partial charge on any atom is 0.412 e. The molecule has 2 aromatic rings. The molecule has 0 spiro atoms. The van der Waals surface area contributed by atoms with E-state index in [1.165, 1.54) is 0 Å². The average Bonchev–Trinajstić information content (AvgIpc) is 2.85. The normalized spacial score (nSPS) is 12.4. The largest absolute Gasteiger partial charge is 0.444 e. The number of rotatable bonds is 6. The highest BCUT2D eigenvalue weighted by Crippen LogP contribution is 2.23. The van der Waals surface area contributed by atoms with Crippen molar-refractivity contribution < 1.29 is 14.3 Å². The molecule has 0 unspecified atom stereocenters. The molecule has 0 aromatic carbocycles. The Kier molecular flexibility index (Phi) is 5.84. The minimum Gasteiger partial charge on any atom is -0.444 e.